The molecule has 0 atom stereocenters. The highest BCUT2D eigenvalue weighted by Gasteiger charge is 2.25. The maximum absolute atomic E-state index is 15.0. The third-order valence-electron chi connectivity index (χ3n) is 5.65. The molecule has 0 spiro atoms. The summed E-state index contributed by atoms with van der Waals surface area (Å²) in [6.07, 6.45) is 5.51. The predicted octanol–water partition coefficient (Wildman–Crippen LogP) is 4.18. The molecule has 1 amide bonds. The van der Waals surface area contributed by atoms with Crippen molar-refractivity contribution < 1.29 is 9.18 Å². The van der Waals surface area contributed by atoms with Crippen molar-refractivity contribution in [3.63, 3.8) is 0 Å². The Bertz CT molecular complexity index is 963. The SMILES string of the molecule is C#Cc1cc(C(=O)Nc2ccc(CN3CCN(C)CC3)c(C(C)(C)F)c2)ccc1C. The van der Waals surface area contributed by atoms with E-state index in [1.165, 1.54) is 0 Å². The van der Waals surface area contributed by atoms with E-state index in [9.17, 15) is 4.79 Å². The molecule has 0 aromatic heterocycles. The molecule has 1 fully saturated rings. The number of aryl methyl sites for hydroxylation is 1. The highest BCUT2D eigenvalue weighted by molar-refractivity contribution is 6.04. The summed E-state index contributed by atoms with van der Waals surface area (Å²) in [7, 11) is 2.12. The molecule has 0 saturated carbocycles. The summed E-state index contributed by atoms with van der Waals surface area (Å²) < 4.78 is 15.0. The first-order valence-electron chi connectivity index (χ1n) is 10.3. The average Bonchev–Trinajstić information content (AvgIpc) is 2.70. The van der Waals surface area contributed by atoms with Gasteiger partial charge in [-0.3, -0.25) is 9.69 Å². The lowest BCUT2D eigenvalue weighted by Crippen LogP contribution is -2.44. The number of nitrogens with one attached hydrogen (secondary N) is 1. The van der Waals surface area contributed by atoms with Gasteiger partial charge in [-0.1, -0.05) is 18.1 Å². The van der Waals surface area contributed by atoms with E-state index in [4.69, 9.17) is 6.42 Å². The highest BCUT2D eigenvalue weighted by atomic mass is 19.1. The van der Waals surface area contributed by atoms with Crippen LogP contribution in [0.5, 0.6) is 0 Å². The summed E-state index contributed by atoms with van der Waals surface area (Å²) in [5, 5.41) is 2.88. The normalized spacial score (nSPS) is 15.6. The number of hydrogen-bond donors (Lipinski definition) is 1. The lowest BCUT2D eigenvalue weighted by atomic mass is 9.93. The Morgan fingerprint density at radius 3 is 2.50 bits per heavy atom. The van der Waals surface area contributed by atoms with Gasteiger partial charge in [-0.25, -0.2) is 4.39 Å². The molecule has 1 aliphatic heterocycles. The second-order valence-corrected chi connectivity index (χ2v) is 8.55. The summed E-state index contributed by atoms with van der Waals surface area (Å²) in [4.78, 5) is 17.3. The monoisotopic (exact) mass is 407 g/mol. The molecule has 158 valence electrons. The highest BCUT2D eigenvalue weighted by Crippen LogP contribution is 2.31. The zero-order valence-electron chi connectivity index (χ0n) is 18.3. The molecule has 1 heterocycles. The van der Waals surface area contributed by atoms with Gasteiger partial charge < -0.3 is 10.2 Å². The van der Waals surface area contributed by atoms with E-state index >= 15 is 4.39 Å². The molecule has 1 N–H and O–H groups in total. The molecule has 0 bridgehead atoms. The molecular formula is C25H30FN3O. The van der Waals surface area contributed by atoms with Crippen LogP contribution in [-0.4, -0.2) is 48.9 Å². The fourth-order valence-electron chi connectivity index (χ4n) is 3.71. The molecular weight excluding hydrogens is 377 g/mol. The Kier molecular flexibility index (Phi) is 6.60. The van der Waals surface area contributed by atoms with Gasteiger partial charge in [-0.15, -0.1) is 6.42 Å². The van der Waals surface area contributed by atoms with Crippen LogP contribution in [0.1, 0.15) is 46.5 Å². The van der Waals surface area contributed by atoms with Crippen LogP contribution in [0.15, 0.2) is 36.4 Å². The molecule has 30 heavy (non-hydrogen) atoms. The lowest BCUT2D eigenvalue weighted by molar-refractivity contribution is 0.102. The smallest absolute Gasteiger partial charge is 0.255 e. The van der Waals surface area contributed by atoms with Crippen LogP contribution < -0.4 is 5.32 Å². The molecule has 2 aromatic carbocycles. The van der Waals surface area contributed by atoms with Gasteiger partial charge in [0.25, 0.3) is 5.91 Å². The first kappa shape index (κ1) is 22.0. The van der Waals surface area contributed by atoms with Crippen molar-refractivity contribution in [1.82, 2.24) is 9.80 Å². The Labute approximate surface area is 179 Å². The van der Waals surface area contributed by atoms with Crippen molar-refractivity contribution in [2.45, 2.75) is 33.0 Å². The van der Waals surface area contributed by atoms with Gasteiger partial charge in [-0.05, 0) is 68.8 Å². The Hall–Kier alpha value is -2.68. The van der Waals surface area contributed by atoms with E-state index in [-0.39, 0.29) is 5.91 Å². The minimum Gasteiger partial charge on any atom is -0.322 e. The van der Waals surface area contributed by atoms with Gasteiger partial charge in [0.1, 0.15) is 5.67 Å². The zero-order chi connectivity index (χ0) is 21.9. The first-order chi connectivity index (χ1) is 14.2. The maximum atomic E-state index is 15.0. The van der Waals surface area contributed by atoms with E-state index in [1.54, 1.807) is 32.0 Å². The van der Waals surface area contributed by atoms with Crippen molar-refractivity contribution in [2.75, 3.05) is 38.5 Å². The quantitative estimate of drug-likeness (QED) is 0.756. The fraction of sp³-hybridized carbons (Fsp3) is 0.400. The molecule has 5 heteroatoms. The van der Waals surface area contributed by atoms with Crippen LogP contribution >= 0.6 is 0 Å². The number of likely N-dealkylation sites (N-methyl/N-ethyl adjacent to an activating group) is 1. The van der Waals surface area contributed by atoms with Gasteiger partial charge in [0, 0.05) is 49.5 Å². The van der Waals surface area contributed by atoms with Crippen molar-refractivity contribution in [3.05, 3.63) is 64.2 Å². The second kappa shape index (κ2) is 8.99. The van der Waals surface area contributed by atoms with E-state index in [0.29, 0.717) is 28.9 Å². The summed E-state index contributed by atoms with van der Waals surface area (Å²) in [5.41, 5.74) is 2.74. The third-order valence-corrected chi connectivity index (χ3v) is 5.65. The Morgan fingerprint density at radius 2 is 1.87 bits per heavy atom. The Balaban J connectivity index is 1.81. The minimum atomic E-state index is -1.51. The van der Waals surface area contributed by atoms with E-state index in [0.717, 1.165) is 37.3 Å². The first-order valence-corrected chi connectivity index (χ1v) is 10.3. The molecule has 4 nitrogen and oxygen atoms in total. The van der Waals surface area contributed by atoms with Gasteiger partial charge in [0.2, 0.25) is 0 Å². The van der Waals surface area contributed by atoms with Crippen LogP contribution in [0.2, 0.25) is 0 Å². The van der Waals surface area contributed by atoms with Crippen LogP contribution in [0, 0.1) is 19.3 Å². The molecule has 1 saturated heterocycles. The number of anilines is 1. The average molecular weight is 408 g/mol. The maximum Gasteiger partial charge on any atom is 0.255 e. The molecule has 0 unspecified atom stereocenters. The number of piperazine rings is 1. The fourth-order valence-corrected chi connectivity index (χ4v) is 3.71. The summed E-state index contributed by atoms with van der Waals surface area (Å²) in [6, 6.07) is 10.8. The standard InChI is InChI=1S/C25H30FN3O/c1-6-19-15-20(8-7-18(19)2)24(30)27-22-10-9-21(23(16-22)25(3,4)26)17-29-13-11-28(5)12-14-29/h1,7-10,15-16H,11-14,17H2,2-5H3,(H,27,30). The number of carbonyl (C=O) groups is 1. The minimum absolute atomic E-state index is 0.263. The number of nitrogens with zero attached hydrogens (tertiary/aromatic N) is 2. The molecule has 0 aliphatic carbocycles. The number of amides is 1. The van der Waals surface area contributed by atoms with Gasteiger partial charge >= 0.3 is 0 Å². The van der Waals surface area contributed by atoms with Crippen LogP contribution in [0.3, 0.4) is 0 Å². The van der Waals surface area contributed by atoms with Crippen LogP contribution in [0.25, 0.3) is 0 Å². The number of carbonyl (C=O) groups excluding carboxylic acids is 1. The van der Waals surface area contributed by atoms with Crippen molar-refractivity contribution in [2.24, 2.45) is 0 Å². The van der Waals surface area contributed by atoms with E-state index in [1.807, 2.05) is 25.1 Å². The predicted molar refractivity (Wildman–Crippen MR) is 120 cm³/mol. The molecule has 0 radical (unpaired) electrons. The summed E-state index contributed by atoms with van der Waals surface area (Å²) >= 11 is 0. The third kappa shape index (κ3) is 5.27. The molecule has 1 aliphatic rings. The van der Waals surface area contributed by atoms with Gasteiger partial charge in [0.15, 0.2) is 0 Å². The van der Waals surface area contributed by atoms with Gasteiger partial charge in [0.05, 0.1) is 0 Å². The summed E-state index contributed by atoms with van der Waals surface area (Å²) in [5.74, 6) is 2.33. The second-order valence-electron chi connectivity index (χ2n) is 8.55. The number of rotatable bonds is 5. The number of hydrogen-bond acceptors (Lipinski definition) is 3. The molecule has 3 rings (SSSR count). The van der Waals surface area contributed by atoms with E-state index < -0.39 is 5.67 Å². The van der Waals surface area contributed by atoms with Gasteiger partial charge in [-0.2, -0.15) is 0 Å². The number of alkyl halides is 1. The van der Waals surface area contributed by atoms with E-state index in [2.05, 4.69) is 28.1 Å². The van der Waals surface area contributed by atoms with Crippen LogP contribution in [0.4, 0.5) is 10.1 Å². The number of terminal acetylenes is 1. The zero-order valence-corrected chi connectivity index (χ0v) is 18.3. The van der Waals surface area contributed by atoms with Crippen molar-refractivity contribution in [3.8, 4) is 12.3 Å². The van der Waals surface area contributed by atoms with Crippen molar-refractivity contribution >= 4 is 11.6 Å². The topological polar surface area (TPSA) is 35.6 Å². The number of halogens is 1. The van der Waals surface area contributed by atoms with Crippen LogP contribution in [-0.2, 0) is 12.2 Å². The lowest BCUT2D eigenvalue weighted by Gasteiger charge is -2.33. The Morgan fingerprint density at radius 1 is 1.17 bits per heavy atom. The number of benzene rings is 2. The summed E-state index contributed by atoms with van der Waals surface area (Å²) in [6.45, 7) is 9.68. The molecule has 2 aromatic rings. The largest absolute Gasteiger partial charge is 0.322 e. The van der Waals surface area contributed by atoms with Crippen molar-refractivity contribution in [1.29, 1.82) is 0 Å².